The molecule has 4 heteroatoms. The summed E-state index contributed by atoms with van der Waals surface area (Å²) in [5.41, 5.74) is 5.05. The average molecular weight is 627 g/mol. The topological polar surface area (TPSA) is 25.8 Å². The largest absolute Gasteiger partial charge is 0.295 e. The summed E-state index contributed by atoms with van der Waals surface area (Å²) in [6.45, 7) is 2.08. The first kappa shape index (κ1) is 24.7. The second kappa shape index (κ2) is 12.9. The van der Waals surface area contributed by atoms with E-state index in [2.05, 4.69) is 95.8 Å². The first-order chi connectivity index (χ1) is 15.8. The van der Waals surface area contributed by atoms with Gasteiger partial charge < -0.3 is 0 Å². The van der Waals surface area contributed by atoms with Gasteiger partial charge in [0.25, 0.3) is 0 Å². The Balaban J connectivity index is 0.000000192. The Hall–Kier alpha value is -2.92. The summed E-state index contributed by atoms with van der Waals surface area (Å²) >= 11 is 0. The number of benzene rings is 3. The average Bonchev–Trinajstić information content (AvgIpc) is 2.86. The van der Waals surface area contributed by atoms with Gasteiger partial charge in [0.15, 0.2) is 0 Å². The molecule has 0 bridgehead atoms. The Labute approximate surface area is 212 Å². The first-order valence-corrected chi connectivity index (χ1v) is 11.5. The molecule has 0 amide bonds. The van der Waals surface area contributed by atoms with Crippen molar-refractivity contribution in [2.75, 3.05) is 0 Å². The van der Waals surface area contributed by atoms with Crippen molar-refractivity contribution >= 4 is 19.2 Å². The minimum absolute atomic E-state index is 0. The molecule has 0 unspecified atom stereocenters. The van der Waals surface area contributed by atoms with Crippen molar-refractivity contribution in [3.8, 4) is 22.5 Å². The van der Waals surface area contributed by atoms with Crippen LogP contribution in [0.5, 0.6) is 0 Å². The maximum absolute atomic E-state index is 4.37. The molecule has 0 aliphatic heterocycles. The van der Waals surface area contributed by atoms with Gasteiger partial charge in [-0.1, -0.05) is 112 Å². The summed E-state index contributed by atoms with van der Waals surface area (Å²) in [5.74, 6) is 0. The Morgan fingerprint density at radius 3 is 1.39 bits per heavy atom. The summed E-state index contributed by atoms with van der Waals surface area (Å²) in [6.07, 6.45) is 3.60. The molecule has 0 spiro atoms. The quantitative estimate of drug-likeness (QED) is 0.175. The smallest absolute Gasteiger partial charge is 0.0183 e. The molecule has 0 atom stereocenters. The van der Waals surface area contributed by atoms with E-state index in [1.807, 2.05) is 36.4 Å². The van der Waals surface area contributed by atoms with Gasteiger partial charge in [-0.15, -0.1) is 23.8 Å². The molecule has 0 saturated carbocycles. The molecule has 0 fully saturated rings. The molecule has 0 radical (unpaired) electrons. The van der Waals surface area contributed by atoms with E-state index in [4.69, 9.17) is 0 Å². The minimum atomic E-state index is 0. The number of nitrogens with zero attached hydrogens (tertiary/aromatic N) is 2. The van der Waals surface area contributed by atoms with Crippen LogP contribution in [0.3, 0.4) is 0 Å². The molecule has 0 aliphatic rings. The third-order valence-electron chi connectivity index (χ3n) is 4.73. The summed E-state index contributed by atoms with van der Waals surface area (Å²) < 4.78 is 0. The van der Waals surface area contributed by atoms with Gasteiger partial charge in [0, 0.05) is 44.8 Å². The molecule has 0 saturated heterocycles. The van der Waals surface area contributed by atoms with Crippen LogP contribution in [0.1, 0.15) is 5.56 Å². The molecular weight excluding hydrogens is 602 g/mol. The van der Waals surface area contributed by atoms with E-state index in [1.165, 1.54) is 16.2 Å². The van der Waals surface area contributed by atoms with E-state index in [0.717, 1.165) is 31.1 Å². The number of aromatic nitrogens is 2. The summed E-state index contributed by atoms with van der Waals surface area (Å²) in [6, 6.07) is 40.5. The number of pyridine rings is 2. The van der Waals surface area contributed by atoms with Crippen LogP contribution in [0.4, 0.5) is 0 Å². The molecular formula is C29H24N2PPt-. The summed E-state index contributed by atoms with van der Waals surface area (Å²) in [5, 5.41) is 2.79. The van der Waals surface area contributed by atoms with Crippen molar-refractivity contribution in [2.45, 2.75) is 6.92 Å². The van der Waals surface area contributed by atoms with Crippen LogP contribution in [0.25, 0.3) is 22.5 Å². The fourth-order valence-corrected chi connectivity index (χ4v) is 4.30. The van der Waals surface area contributed by atoms with Crippen LogP contribution in [0.15, 0.2) is 122 Å². The first-order valence-electron chi connectivity index (χ1n) is 10.5. The Morgan fingerprint density at radius 1 is 0.576 bits per heavy atom. The molecule has 5 rings (SSSR count). The fraction of sp³-hybridized carbons (Fsp3) is 0.0345. The molecule has 0 N–H and O–H groups in total. The van der Waals surface area contributed by atoms with E-state index >= 15 is 0 Å². The molecule has 5 aromatic rings. The maximum Gasteiger partial charge on any atom is 0.0183 e. The van der Waals surface area contributed by atoms with E-state index < -0.39 is 0 Å². The van der Waals surface area contributed by atoms with Gasteiger partial charge in [0.2, 0.25) is 0 Å². The molecule has 33 heavy (non-hydrogen) atoms. The number of aryl methyl sites for hydroxylation is 1. The number of hydrogen-bond donors (Lipinski definition) is 0. The van der Waals surface area contributed by atoms with Crippen molar-refractivity contribution in [1.82, 2.24) is 9.97 Å². The van der Waals surface area contributed by atoms with Crippen molar-refractivity contribution in [1.29, 1.82) is 0 Å². The molecule has 0 aliphatic carbocycles. The SMILES string of the molecule is Cc1cc(-c2ccccn2)[c-]c(-c2ccccn2)c1.[Pt].c1ccc(Pc2ccccc2)cc1. The minimum Gasteiger partial charge on any atom is -0.295 e. The van der Waals surface area contributed by atoms with Gasteiger partial charge >= 0.3 is 0 Å². The predicted molar refractivity (Wildman–Crippen MR) is 137 cm³/mol. The molecule has 2 nitrogen and oxygen atoms in total. The third-order valence-corrected chi connectivity index (χ3v) is 5.98. The van der Waals surface area contributed by atoms with Crippen molar-refractivity contribution in [3.63, 3.8) is 0 Å². The van der Waals surface area contributed by atoms with Gasteiger partial charge in [-0.05, 0) is 22.7 Å². The number of hydrogen-bond acceptors (Lipinski definition) is 2. The van der Waals surface area contributed by atoms with Crippen molar-refractivity contribution in [3.05, 3.63) is 133 Å². The Morgan fingerprint density at radius 2 is 1.00 bits per heavy atom. The summed E-state index contributed by atoms with van der Waals surface area (Å²) in [4.78, 5) is 8.75. The second-order valence-electron chi connectivity index (χ2n) is 7.27. The zero-order valence-corrected chi connectivity index (χ0v) is 21.5. The van der Waals surface area contributed by atoms with Crippen molar-refractivity contribution < 1.29 is 21.1 Å². The van der Waals surface area contributed by atoms with E-state index in [0.29, 0.717) is 0 Å². The van der Waals surface area contributed by atoms with Crippen molar-refractivity contribution in [2.24, 2.45) is 0 Å². The molecule has 166 valence electrons. The monoisotopic (exact) mass is 626 g/mol. The zero-order valence-electron chi connectivity index (χ0n) is 18.3. The maximum atomic E-state index is 4.37. The molecule has 3 aromatic carbocycles. The third kappa shape index (κ3) is 7.57. The van der Waals surface area contributed by atoms with Gasteiger partial charge in [0.05, 0.1) is 0 Å². The molecule has 2 heterocycles. The van der Waals surface area contributed by atoms with Crippen LogP contribution in [0.2, 0.25) is 0 Å². The number of rotatable bonds is 4. The Bertz CT molecular complexity index is 1140. The fourth-order valence-electron chi connectivity index (χ4n) is 3.24. The van der Waals surface area contributed by atoms with Gasteiger partial charge in [0.1, 0.15) is 0 Å². The second-order valence-corrected chi connectivity index (χ2v) is 8.68. The predicted octanol–water partition coefficient (Wildman–Crippen LogP) is 6.23. The van der Waals surface area contributed by atoms with Gasteiger partial charge in [-0.3, -0.25) is 9.97 Å². The summed E-state index contributed by atoms with van der Waals surface area (Å²) in [7, 11) is 0.777. The van der Waals surface area contributed by atoms with E-state index in [1.54, 1.807) is 12.4 Å². The van der Waals surface area contributed by atoms with Crippen LogP contribution in [-0.2, 0) is 21.1 Å². The van der Waals surface area contributed by atoms with E-state index in [9.17, 15) is 0 Å². The zero-order chi connectivity index (χ0) is 22.0. The normalized spacial score (nSPS) is 9.85. The standard InChI is InChI=1S/C17H13N2.C12H11P.Pt/c1-13-10-14(16-6-2-4-8-18-16)12-15(11-13)17-7-3-5-9-19-17;1-3-7-11(8-4-1)13-12-9-5-2-6-10-12;/h2-11H,1H3;1-10,13H;/q-1;;. The van der Waals surface area contributed by atoms with Crippen LogP contribution in [-0.4, -0.2) is 9.97 Å². The van der Waals surface area contributed by atoms with E-state index in [-0.39, 0.29) is 21.1 Å². The van der Waals surface area contributed by atoms with Gasteiger partial charge in [-0.2, -0.15) is 0 Å². The van der Waals surface area contributed by atoms with Crippen LogP contribution in [0, 0.1) is 13.0 Å². The Kier molecular flexibility index (Phi) is 9.70. The molecule has 2 aromatic heterocycles. The van der Waals surface area contributed by atoms with Crippen LogP contribution >= 0.6 is 8.58 Å². The van der Waals surface area contributed by atoms with Gasteiger partial charge in [-0.25, -0.2) is 0 Å². The van der Waals surface area contributed by atoms with Crippen LogP contribution < -0.4 is 10.6 Å².